The number of carbonyl (C=O) groups is 1. The van der Waals surface area contributed by atoms with Gasteiger partial charge in [0.1, 0.15) is 24.1 Å². The summed E-state index contributed by atoms with van der Waals surface area (Å²) < 4.78 is 71.7. The second-order valence-corrected chi connectivity index (χ2v) is 13.6. The minimum atomic E-state index is -1.43. The van der Waals surface area contributed by atoms with Crippen LogP contribution in [0.5, 0.6) is 0 Å². The Hall–Kier alpha value is -3.18. The van der Waals surface area contributed by atoms with Crippen molar-refractivity contribution in [2.24, 2.45) is 5.11 Å². The number of aliphatic hydroxyl groups excluding tert-OH is 3. The van der Waals surface area contributed by atoms with E-state index in [9.17, 15) is 24.9 Å². The van der Waals surface area contributed by atoms with Gasteiger partial charge >= 0.3 is 5.69 Å². The summed E-state index contributed by atoms with van der Waals surface area (Å²) in [4.78, 5) is 30.9. The van der Waals surface area contributed by atoms with Crippen LogP contribution in [0.1, 0.15) is 24.6 Å². The zero-order valence-electron chi connectivity index (χ0n) is 36.9. The summed E-state index contributed by atoms with van der Waals surface area (Å²) in [7, 11) is 0. The molecule has 25 nitrogen and oxygen atoms in total. The summed E-state index contributed by atoms with van der Waals surface area (Å²) in [6.07, 6.45) is -2.59. The molecule has 1 amide bonds. The van der Waals surface area contributed by atoms with E-state index in [1.54, 1.807) is 0 Å². The van der Waals surface area contributed by atoms with Crippen molar-refractivity contribution >= 4 is 11.7 Å². The number of hydrogen-bond donors (Lipinski definition) is 5. The quantitative estimate of drug-likeness (QED) is 0.0213. The van der Waals surface area contributed by atoms with E-state index in [2.05, 4.69) is 20.3 Å². The summed E-state index contributed by atoms with van der Waals surface area (Å²) in [5.74, 6) is -0.166. The highest BCUT2D eigenvalue weighted by Gasteiger charge is 2.44. The van der Waals surface area contributed by atoms with Gasteiger partial charge in [-0.15, -0.1) is 0 Å². The van der Waals surface area contributed by atoms with Crippen LogP contribution >= 0.6 is 0 Å². The number of anilines is 1. The van der Waals surface area contributed by atoms with Crippen molar-refractivity contribution in [1.82, 2.24) is 14.9 Å². The van der Waals surface area contributed by atoms with Gasteiger partial charge in [-0.25, -0.2) is 4.79 Å². The van der Waals surface area contributed by atoms with Crippen LogP contribution in [-0.4, -0.2) is 227 Å². The average Bonchev–Trinajstić information content (AvgIpc) is 3.58. The maximum absolute atomic E-state index is 12.4. The van der Waals surface area contributed by atoms with Gasteiger partial charge in [0, 0.05) is 36.2 Å². The maximum Gasteiger partial charge on any atom is 0.351 e. The number of carbonyl (C=O) groups excluding carboxylic acids is 1. The second kappa shape index (κ2) is 40.1. The molecule has 0 spiro atoms. The molecule has 1 aliphatic heterocycles. The molecule has 1 fully saturated rings. The van der Waals surface area contributed by atoms with Gasteiger partial charge in [0.25, 0.3) is 0 Å². The standard InChI is InChI=1S/C39H71N7O18/c40-37-32(30-46(39(51)44-37)38-36(50)35(49)33(31-47)64-38)2-1-4-42-34(48)3-6-52-8-10-54-12-14-56-16-18-58-20-22-60-24-26-62-28-29-63-27-25-61-23-21-59-19-17-57-15-13-55-11-9-53-7-5-43-45-41/h30,33,35-36,38,47,49-50H,1-29,31H2,(H,42,48)(H2,40,44,51)/t33-,35?,36+,38-/m1/s1. The lowest BCUT2D eigenvalue weighted by atomic mass is 10.1. The van der Waals surface area contributed by atoms with E-state index in [1.807, 2.05) is 0 Å². The van der Waals surface area contributed by atoms with Crippen LogP contribution in [0.3, 0.4) is 0 Å². The predicted octanol–water partition coefficient (Wildman–Crippen LogP) is -1.61. The SMILES string of the molecule is [N-]=[N+]=NCCOCCOCCOCCOCCOCCOCCOCCOCCOCCOCCOCCOCCC(=O)NCCCc1cn([C@@H]2O[C@H](CO)C(O)[C@@H]2O)c(=O)nc1N. The van der Waals surface area contributed by atoms with Gasteiger partial charge in [-0.2, -0.15) is 4.98 Å². The van der Waals surface area contributed by atoms with E-state index in [4.69, 9.17) is 72.8 Å². The monoisotopic (exact) mass is 925 g/mol. The number of azide groups is 1. The smallest absolute Gasteiger partial charge is 0.351 e. The van der Waals surface area contributed by atoms with E-state index >= 15 is 0 Å². The van der Waals surface area contributed by atoms with E-state index in [-0.39, 0.29) is 24.8 Å². The molecule has 0 aromatic carbocycles. The third-order valence-corrected chi connectivity index (χ3v) is 8.76. The molecule has 25 heteroatoms. The Kier molecular flexibility index (Phi) is 35.7. The zero-order chi connectivity index (χ0) is 46.1. The first-order valence-electron chi connectivity index (χ1n) is 21.6. The molecule has 4 atom stereocenters. The first kappa shape index (κ1) is 56.9. The van der Waals surface area contributed by atoms with Crippen molar-refractivity contribution in [2.45, 2.75) is 43.8 Å². The lowest BCUT2D eigenvalue weighted by molar-refractivity contribution is -0.122. The average molecular weight is 926 g/mol. The molecule has 1 unspecified atom stereocenters. The molecule has 0 radical (unpaired) electrons. The number of aromatic nitrogens is 2. The van der Waals surface area contributed by atoms with Crippen molar-refractivity contribution < 1.29 is 81.7 Å². The van der Waals surface area contributed by atoms with Crippen LogP contribution in [0.4, 0.5) is 5.82 Å². The number of amides is 1. The number of nitrogens with zero attached hydrogens (tertiary/aromatic N) is 5. The molecule has 2 rings (SSSR count). The van der Waals surface area contributed by atoms with E-state index in [1.165, 1.54) is 6.20 Å². The predicted molar refractivity (Wildman–Crippen MR) is 226 cm³/mol. The normalized spacial score (nSPS) is 17.2. The van der Waals surface area contributed by atoms with E-state index in [0.717, 1.165) is 4.57 Å². The molecule has 64 heavy (non-hydrogen) atoms. The van der Waals surface area contributed by atoms with Gasteiger partial charge in [0.15, 0.2) is 6.23 Å². The fourth-order valence-corrected chi connectivity index (χ4v) is 5.44. The van der Waals surface area contributed by atoms with Crippen molar-refractivity contribution in [1.29, 1.82) is 0 Å². The molecule has 6 N–H and O–H groups in total. The minimum Gasteiger partial charge on any atom is -0.394 e. The summed E-state index contributed by atoms with van der Waals surface area (Å²) >= 11 is 0. The molecule has 1 saturated heterocycles. The fraction of sp³-hybridized carbons (Fsp3) is 0.872. The Morgan fingerprint density at radius 2 is 1.08 bits per heavy atom. The van der Waals surface area contributed by atoms with Crippen molar-refractivity contribution in [3.8, 4) is 0 Å². The number of nitrogen functional groups attached to an aromatic ring is 1. The number of rotatable bonds is 45. The molecule has 1 aliphatic rings. The third kappa shape index (κ3) is 28.7. The molecular formula is C39H71N7O18. The Balaban J connectivity index is 1.23. The van der Waals surface area contributed by atoms with Gasteiger partial charge in [-0.1, -0.05) is 5.11 Å². The molecule has 0 bridgehead atoms. The van der Waals surface area contributed by atoms with E-state index < -0.39 is 36.8 Å². The van der Waals surface area contributed by atoms with Gasteiger partial charge in [-0.05, 0) is 18.4 Å². The first-order chi connectivity index (χ1) is 31.4. The summed E-state index contributed by atoms with van der Waals surface area (Å²) in [5.41, 5.74) is 13.8. The maximum atomic E-state index is 12.4. The zero-order valence-corrected chi connectivity index (χ0v) is 36.9. The highest BCUT2D eigenvalue weighted by Crippen LogP contribution is 2.28. The first-order valence-corrected chi connectivity index (χ1v) is 21.6. The molecule has 1 aromatic heterocycles. The topological polar surface area (TPSA) is 319 Å². The lowest BCUT2D eigenvalue weighted by Gasteiger charge is -2.18. The minimum absolute atomic E-state index is 0.0189. The molecule has 1 aromatic rings. The van der Waals surface area contributed by atoms with Crippen LogP contribution < -0.4 is 16.7 Å². The summed E-state index contributed by atoms with van der Waals surface area (Å²) in [5, 5.41) is 35.7. The second-order valence-electron chi connectivity index (χ2n) is 13.6. The van der Waals surface area contributed by atoms with Gasteiger partial charge in [-0.3, -0.25) is 9.36 Å². The third-order valence-electron chi connectivity index (χ3n) is 8.76. The molecule has 2 heterocycles. The highest BCUT2D eigenvalue weighted by atomic mass is 16.6. The van der Waals surface area contributed by atoms with Gasteiger partial charge < -0.3 is 87.9 Å². The van der Waals surface area contributed by atoms with Crippen LogP contribution in [-0.2, 0) is 72.8 Å². The number of ether oxygens (including phenoxy) is 13. The fourth-order valence-electron chi connectivity index (χ4n) is 5.44. The molecule has 370 valence electrons. The number of nitrogens with one attached hydrogen (secondary N) is 1. The Morgan fingerprint density at radius 3 is 1.45 bits per heavy atom. The number of hydrogen-bond acceptors (Lipinski definition) is 21. The lowest BCUT2D eigenvalue weighted by Crippen LogP contribution is -2.36. The van der Waals surface area contributed by atoms with Crippen LogP contribution in [0.2, 0.25) is 0 Å². The number of aliphatic hydroxyl groups is 3. The van der Waals surface area contributed by atoms with Crippen molar-refractivity contribution in [2.75, 3.05) is 184 Å². The van der Waals surface area contributed by atoms with Gasteiger partial charge in [0.2, 0.25) is 5.91 Å². The largest absolute Gasteiger partial charge is 0.394 e. The molecule has 0 aliphatic carbocycles. The summed E-state index contributed by atoms with van der Waals surface area (Å²) in [6.45, 7) is 10.5. The van der Waals surface area contributed by atoms with Crippen LogP contribution in [0, 0.1) is 0 Å². The molecular weight excluding hydrogens is 854 g/mol. The highest BCUT2D eigenvalue weighted by molar-refractivity contribution is 5.75. The Labute approximate surface area is 373 Å². The Bertz CT molecular complexity index is 1400. The Morgan fingerprint density at radius 1 is 0.688 bits per heavy atom. The van der Waals surface area contributed by atoms with Crippen molar-refractivity contribution in [3.63, 3.8) is 0 Å². The van der Waals surface area contributed by atoms with Gasteiger partial charge in [0.05, 0.1) is 165 Å². The number of nitrogens with two attached hydrogens (primary N) is 1. The van der Waals surface area contributed by atoms with Crippen LogP contribution in [0.15, 0.2) is 16.1 Å². The van der Waals surface area contributed by atoms with Crippen LogP contribution in [0.25, 0.3) is 10.4 Å². The number of aryl methyl sites for hydroxylation is 1. The molecule has 0 saturated carbocycles. The summed E-state index contributed by atoms with van der Waals surface area (Å²) in [6, 6.07) is 0. The van der Waals surface area contributed by atoms with E-state index in [0.29, 0.717) is 183 Å². The van der Waals surface area contributed by atoms with Crippen molar-refractivity contribution in [3.05, 3.63) is 32.7 Å².